The van der Waals surface area contributed by atoms with E-state index in [0.29, 0.717) is 37.5 Å². The summed E-state index contributed by atoms with van der Waals surface area (Å²) in [5.41, 5.74) is 0. The molecule has 0 spiro atoms. The van der Waals surface area contributed by atoms with Gasteiger partial charge in [0, 0.05) is 38.8 Å². The van der Waals surface area contributed by atoms with Gasteiger partial charge in [-0.05, 0) is 57.0 Å². The summed E-state index contributed by atoms with van der Waals surface area (Å²) in [7, 11) is 0. The van der Waals surface area contributed by atoms with Gasteiger partial charge < -0.3 is 20.9 Å². The highest BCUT2D eigenvalue weighted by molar-refractivity contribution is 5.82. The molecule has 4 aliphatic rings. The Morgan fingerprint density at radius 3 is 2.41 bits per heavy atom. The van der Waals surface area contributed by atoms with Gasteiger partial charge in [0.2, 0.25) is 11.8 Å². The van der Waals surface area contributed by atoms with Crippen molar-refractivity contribution >= 4 is 11.8 Å². The molecule has 0 saturated carbocycles. The van der Waals surface area contributed by atoms with Gasteiger partial charge in [-0.1, -0.05) is 12.8 Å². The molecule has 0 aromatic heterocycles. The molecule has 0 radical (unpaired) electrons. The van der Waals surface area contributed by atoms with Crippen LogP contribution >= 0.6 is 0 Å². The van der Waals surface area contributed by atoms with Crippen molar-refractivity contribution < 1.29 is 22.8 Å². The predicted molar refractivity (Wildman–Crippen MR) is 122 cm³/mol. The van der Waals surface area contributed by atoms with Gasteiger partial charge in [0.15, 0.2) is 6.17 Å². The zero-order valence-electron chi connectivity index (χ0n) is 19.8. The third-order valence-corrected chi connectivity index (χ3v) is 7.96. The molecule has 3 unspecified atom stereocenters. The maximum Gasteiger partial charge on any atom is 0.417 e. The minimum Gasteiger partial charge on any atom is -0.355 e. The predicted octanol–water partition coefficient (Wildman–Crippen LogP) is 0.549. The molecule has 4 aliphatic heterocycles. The Hall–Kier alpha value is -1.43. The molecule has 34 heavy (non-hydrogen) atoms. The summed E-state index contributed by atoms with van der Waals surface area (Å²) in [6.45, 7) is 4.16. The van der Waals surface area contributed by atoms with E-state index in [2.05, 4.69) is 26.6 Å². The highest BCUT2D eigenvalue weighted by Crippen LogP contribution is 2.26. The van der Waals surface area contributed by atoms with Crippen molar-refractivity contribution in [2.45, 2.75) is 69.4 Å². The lowest BCUT2D eigenvalue weighted by Gasteiger charge is -2.37. The van der Waals surface area contributed by atoms with Crippen LogP contribution in [0.5, 0.6) is 0 Å². The molecule has 2 amide bonds. The molecule has 194 valence electrons. The van der Waals surface area contributed by atoms with Crippen LogP contribution in [0.1, 0.15) is 44.9 Å². The van der Waals surface area contributed by atoms with E-state index >= 15 is 0 Å². The summed E-state index contributed by atoms with van der Waals surface area (Å²) in [4.78, 5) is 26.9. The van der Waals surface area contributed by atoms with E-state index in [9.17, 15) is 22.8 Å². The summed E-state index contributed by atoms with van der Waals surface area (Å²) in [6, 6.07) is 0.405. The summed E-state index contributed by atoms with van der Waals surface area (Å²) >= 11 is 0. The van der Waals surface area contributed by atoms with Gasteiger partial charge in [-0.25, -0.2) is 0 Å². The number of nitrogens with one attached hydrogen (secondary N) is 5. The van der Waals surface area contributed by atoms with E-state index in [-0.39, 0.29) is 30.9 Å². The van der Waals surface area contributed by atoms with Crippen LogP contribution in [0.25, 0.3) is 0 Å². The highest BCUT2D eigenvalue weighted by Gasteiger charge is 2.43. The number of fused-ring (bicyclic) bond motifs is 1. The number of carbonyl (C=O) groups excluding carboxylic acids is 2. The summed E-state index contributed by atoms with van der Waals surface area (Å²) in [6.07, 6.45) is 0.853. The lowest BCUT2D eigenvalue weighted by Crippen LogP contribution is -2.62. The van der Waals surface area contributed by atoms with Gasteiger partial charge in [-0.15, -0.1) is 0 Å². The van der Waals surface area contributed by atoms with Gasteiger partial charge >= 0.3 is 6.18 Å². The number of unbranched alkanes of at least 4 members (excludes halogenated alkanes) is 1. The van der Waals surface area contributed by atoms with Gasteiger partial charge in [-0.2, -0.15) is 13.2 Å². The zero-order valence-corrected chi connectivity index (χ0v) is 19.8. The molecule has 4 saturated heterocycles. The minimum atomic E-state index is -4.35. The molecular weight excluding hydrogens is 449 g/mol. The topological polar surface area (TPSA) is 97.5 Å². The first-order valence-corrected chi connectivity index (χ1v) is 12.9. The Balaban J connectivity index is 1.05. The standard InChI is InChI=1S/C23H39F3N6O2/c24-23(25,26)22-29-13-17(14-30-22)21(34)32-9-5-15(6-10-32)3-1-2-7-28-20(33)19-11-16-12-27-8-4-18(16)31-19/h15-19,22,27,29-31H,1-14H2,(H,28,33). The van der Waals surface area contributed by atoms with Crippen LogP contribution in [-0.2, 0) is 9.59 Å². The largest absolute Gasteiger partial charge is 0.417 e. The van der Waals surface area contributed by atoms with Crippen molar-refractivity contribution in [3.05, 3.63) is 0 Å². The van der Waals surface area contributed by atoms with E-state index < -0.39 is 18.3 Å². The van der Waals surface area contributed by atoms with Crippen molar-refractivity contribution in [1.82, 2.24) is 31.5 Å². The van der Waals surface area contributed by atoms with Gasteiger partial charge in [0.1, 0.15) is 0 Å². The third kappa shape index (κ3) is 6.61. The summed E-state index contributed by atoms with van der Waals surface area (Å²) < 4.78 is 38.2. The van der Waals surface area contributed by atoms with E-state index in [1.807, 2.05) is 0 Å². The van der Waals surface area contributed by atoms with E-state index in [1.54, 1.807) is 4.90 Å². The first-order chi connectivity index (χ1) is 16.3. The molecule has 4 fully saturated rings. The SMILES string of the molecule is O=C(NCCCCC1CCN(C(=O)C2CNC(C(F)(F)F)NC2)CC1)C1CC2CNCCC2N1. The first kappa shape index (κ1) is 25.7. The molecule has 3 atom stereocenters. The van der Waals surface area contributed by atoms with Crippen LogP contribution in [0.2, 0.25) is 0 Å². The molecule has 0 bridgehead atoms. The lowest BCUT2D eigenvalue weighted by atomic mass is 9.90. The molecule has 4 heterocycles. The zero-order chi connectivity index (χ0) is 24.1. The van der Waals surface area contributed by atoms with Crippen molar-refractivity contribution in [1.29, 1.82) is 0 Å². The molecule has 11 heteroatoms. The second kappa shape index (κ2) is 11.5. The van der Waals surface area contributed by atoms with Crippen molar-refractivity contribution in [2.75, 3.05) is 45.8 Å². The Morgan fingerprint density at radius 1 is 1.00 bits per heavy atom. The van der Waals surface area contributed by atoms with Crippen LogP contribution in [0.15, 0.2) is 0 Å². The normalized spacial score (nSPS) is 32.9. The van der Waals surface area contributed by atoms with Crippen LogP contribution in [0.3, 0.4) is 0 Å². The maximum atomic E-state index is 12.7. The average Bonchev–Trinajstić information content (AvgIpc) is 3.28. The van der Waals surface area contributed by atoms with Crippen LogP contribution in [0.4, 0.5) is 13.2 Å². The first-order valence-electron chi connectivity index (χ1n) is 12.9. The number of likely N-dealkylation sites (tertiary alicyclic amines) is 1. The van der Waals surface area contributed by atoms with Gasteiger partial charge in [-0.3, -0.25) is 20.2 Å². The third-order valence-electron chi connectivity index (χ3n) is 7.96. The second-order valence-corrected chi connectivity index (χ2v) is 10.4. The fourth-order valence-corrected chi connectivity index (χ4v) is 5.87. The Labute approximate surface area is 199 Å². The van der Waals surface area contributed by atoms with Gasteiger partial charge in [0.25, 0.3) is 0 Å². The van der Waals surface area contributed by atoms with Crippen LogP contribution in [-0.4, -0.2) is 87.0 Å². The number of nitrogens with zero attached hydrogens (tertiary/aromatic N) is 1. The van der Waals surface area contributed by atoms with Gasteiger partial charge in [0.05, 0.1) is 12.0 Å². The average molecular weight is 489 g/mol. The molecule has 0 aliphatic carbocycles. The van der Waals surface area contributed by atoms with Crippen molar-refractivity contribution in [2.24, 2.45) is 17.8 Å². The number of carbonyl (C=O) groups is 2. The number of halogens is 3. The van der Waals surface area contributed by atoms with Crippen LogP contribution in [0, 0.1) is 17.8 Å². The minimum absolute atomic E-state index is 0.0518. The number of rotatable bonds is 7. The number of alkyl halides is 3. The fourth-order valence-electron chi connectivity index (χ4n) is 5.87. The van der Waals surface area contributed by atoms with Crippen molar-refractivity contribution in [3.63, 3.8) is 0 Å². The number of amides is 2. The highest BCUT2D eigenvalue weighted by atomic mass is 19.4. The lowest BCUT2D eigenvalue weighted by molar-refractivity contribution is -0.170. The quantitative estimate of drug-likeness (QED) is 0.336. The molecular formula is C23H39F3N6O2. The monoisotopic (exact) mass is 488 g/mol. The molecule has 5 N–H and O–H groups in total. The van der Waals surface area contributed by atoms with E-state index in [1.165, 1.54) is 0 Å². The number of piperidine rings is 2. The fraction of sp³-hybridized carbons (Fsp3) is 0.913. The van der Waals surface area contributed by atoms with Crippen molar-refractivity contribution in [3.8, 4) is 0 Å². The van der Waals surface area contributed by atoms with E-state index in [4.69, 9.17) is 0 Å². The Morgan fingerprint density at radius 2 is 1.74 bits per heavy atom. The molecule has 0 aromatic rings. The molecule has 8 nitrogen and oxygen atoms in total. The smallest absolute Gasteiger partial charge is 0.355 e. The Bertz CT molecular complexity index is 679. The number of hydrogen-bond donors (Lipinski definition) is 5. The molecule has 4 rings (SSSR count). The summed E-state index contributed by atoms with van der Waals surface area (Å²) in [5.74, 6) is 0.731. The molecule has 0 aromatic carbocycles. The number of hydrogen-bond acceptors (Lipinski definition) is 6. The Kier molecular flexibility index (Phi) is 8.71. The van der Waals surface area contributed by atoms with Crippen LogP contribution < -0.4 is 26.6 Å². The maximum absolute atomic E-state index is 12.7. The second-order valence-electron chi connectivity index (χ2n) is 10.4. The summed E-state index contributed by atoms with van der Waals surface area (Å²) in [5, 5.41) is 14.8. The van der Waals surface area contributed by atoms with E-state index in [0.717, 1.165) is 58.0 Å².